The van der Waals surface area contributed by atoms with E-state index >= 15 is 0 Å². The van der Waals surface area contributed by atoms with Gasteiger partial charge in [0, 0.05) is 5.69 Å². The van der Waals surface area contributed by atoms with Gasteiger partial charge in [-0.05, 0) is 37.5 Å². The van der Waals surface area contributed by atoms with Crippen LogP contribution in [0.25, 0.3) is 0 Å². The maximum atomic E-state index is 12.5. The molecule has 2 aromatic rings. The second-order valence-corrected chi connectivity index (χ2v) is 5.07. The zero-order valence-electron chi connectivity index (χ0n) is 12.9. The molecule has 1 heterocycles. The topological polar surface area (TPSA) is 42.0 Å². The van der Waals surface area contributed by atoms with E-state index < -0.39 is 0 Å². The Hall–Kier alpha value is -2.16. The molecule has 3 heteroatoms. The SMILES string of the molecule is CC.Cc1cccc(NC(=O)C2(c3ccccc3)CC2)n1. The van der Waals surface area contributed by atoms with Crippen LogP contribution in [0.1, 0.15) is 37.9 Å². The summed E-state index contributed by atoms with van der Waals surface area (Å²) in [5.41, 5.74) is 1.66. The predicted octanol–water partition coefficient (Wildman–Crippen LogP) is 4.09. The van der Waals surface area contributed by atoms with Gasteiger partial charge in [0.15, 0.2) is 0 Å². The summed E-state index contributed by atoms with van der Waals surface area (Å²) >= 11 is 0. The van der Waals surface area contributed by atoms with Crippen molar-refractivity contribution < 1.29 is 4.79 Å². The molecule has 21 heavy (non-hydrogen) atoms. The van der Waals surface area contributed by atoms with Crippen LogP contribution in [0.3, 0.4) is 0 Å². The summed E-state index contributed by atoms with van der Waals surface area (Å²) in [4.78, 5) is 16.8. The van der Waals surface area contributed by atoms with Crippen LogP contribution in [0, 0.1) is 6.92 Å². The van der Waals surface area contributed by atoms with Crippen molar-refractivity contribution in [2.45, 2.75) is 39.0 Å². The average molecular weight is 282 g/mol. The first-order valence-electron chi connectivity index (χ1n) is 7.51. The number of carbonyl (C=O) groups is 1. The first kappa shape index (κ1) is 15.2. The Kier molecular flexibility index (Phi) is 4.73. The summed E-state index contributed by atoms with van der Waals surface area (Å²) in [7, 11) is 0. The summed E-state index contributed by atoms with van der Waals surface area (Å²) in [6, 6.07) is 15.6. The van der Waals surface area contributed by atoms with Gasteiger partial charge in [-0.25, -0.2) is 4.98 Å². The minimum atomic E-state index is -0.341. The predicted molar refractivity (Wildman–Crippen MR) is 86.3 cm³/mol. The molecule has 0 radical (unpaired) electrons. The fourth-order valence-corrected chi connectivity index (χ4v) is 2.38. The Balaban J connectivity index is 0.000000774. The maximum Gasteiger partial charge on any atom is 0.236 e. The molecule has 110 valence electrons. The van der Waals surface area contributed by atoms with Crippen molar-refractivity contribution in [2.75, 3.05) is 5.32 Å². The van der Waals surface area contributed by atoms with Crippen molar-refractivity contribution in [2.24, 2.45) is 0 Å². The van der Waals surface area contributed by atoms with Crippen molar-refractivity contribution in [1.29, 1.82) is 0 Å². The van der Waals surface area contributed by atoms with Crippen molar-refractivity contribution >= 4 is 11.7 Å². The van der Waals surface area contributed by atoms with E-state index in [2.05, 4.69) is 10.3 Å². The van der Waals surface area contributed by atoms with Gasteiger partial charge < -0.3 is 5.32 Å². The van der Waals surface area contributed by atoms with Crippen molar-refractivity contribution in [3.63, 3.8) is 0 Å². The minimum Gasteiger partial charge on any atom is -0.310 e. The fourth-order valence-electron chi connectivity index (χ4n) is 2.38. The van der Waals surface area contributed by atoms with Gasteiger partial charge in [-0.2, -0.15) is 0 Å². The molecule has 0 spiro atoms. The van der Waals surface area contributed by atoms with Crippen molar-refractivity contribution in [1.82, 2.24) is 4.98 Å². The first-order valence-corrected chi connectivity index (χ1v) is 7.51. The Morgan fingerprint density at radius 2 is 1.71 bits per heavy atom. The number of aromatic nitrogens is 1. The smallest absolute Gasteiger partial charge is 0.236 e. The molecule has 1 amide bonds. The molecule has 0 saturated heterocycles. The van der Waals surface area contributed by atoms with E-state index in [4.69, 9.17) is 0 Å². The lowest BCUT2D eigenvalue weighted by Crippen LogP contribution is -2.28. The lowest BCUT2D eigenvalue weighted by Gasteiger charge is -2.15. The molecule has 3 nitrogen and oxygen atoms in total. The monoisotopic (exact) mass is 282 g/mol. The molecule has 0 atom stereocenters. The van der Waals surface area contributed by atoms with Crippen LogP contribution in [0.5, 0.6) is 0 Å². The zero-order chi connectivity index (χ0) is 15.3. The molecule has 0 bridgehead atoms. The Bertz CT molecular complexity index is 604. The van der Waals surface area contributed by atoms with Crippen LogP contribution in [-0.4, -0.2) is 10.9 Å². The zero-order valence-corrected chi connectivity index (χ0v) is 12.9. The summed E-state index contributed by atoms with van der Waals surface area (Å²) in [6.45, 7) is 5.92. The number of amides is 1. The van der Waals surface area contributed by atoms with Crippen LogP contribution in [0.4, 0.5) is 5.82 Å². The second-order valence-electron chi connectivity index (χ2n) is 5.07. The van der Waals surface area contributed by atoms with Gasteiger partial charge in [-0.3, -0.25) is 4.79 Å². The highest BCUT2D eigenvalue weighted by Gasteiger charge is 2.51. The maximum absolute atomic E-state index is 12.5. The van der Waals surface area contributed by atoms with E-state index in [1.165, 1.54) is 0 Å². The van der Waals surface area contributed by atoms with E-state index in [0.29, 0.717) is 5.82 Å². The number of hydrogen-bond donors (Lipinski definition) is 1. The number of pyridine rings is 1. The third-order valence-electron chi connectivity index (χ3n) is 3.64. The highest BCUT2D eigenvalue weighted by Crippen LogP contribution is 2.48. The molecule has 1 aliphatic carbocycles. The van der Waals surface area contributed by atoms with E-state index in [9.17, 15) is 4.79 Å². The number of carbonyl (C=O) groups excluding carboxylic acids is 1. The lowest BCUT2D eigenvalue weighted by molar-refractivity contribution is -0.118. The van der Waals surface area contributed by atoms with E-state index in [1.807, 2.05) is 69.3 Å². The third kappa shape index (κ3) is 3.30. The fraction of sp³-hybridized carbons (Fsp3) is 0.333. The molecule has 1 fully saturated rings. The molecule has 0 unspecified atom stereocenters. The summed E-state index contributed by atoms with van der Waals surface area (Å²) in [5.74, 6) is 0.684. The Morgan fingerprint density at radius 1 is 1.05 bits per heavy atom. The molecule has 1 aromatic carbocycles. The molecule has 0 aliphatic heterocycles. The highest BCUT2D eigenvalue weighted by molar-refractivity contribution is 6.00. The van der Waals surface area contributed by atoms with Crippen LogP contribution in [0.15, 0.2) is 48.5 Å². The molecule has 1 aliphatic rings. The number of nitrogens with zero attached hydrogens (tertiary/aromatic N) is 1. The number of aryl methyl sites for hydroxylation is 1. The number of rotatable bonds is 3. The standard InChI is InChI=1S/C16H16N2O.C2H6/c1-12-6-5-9-14(17-12)18-15(19)16(10-11-16)13-7-3-2-4-8-13;1-2/h2-9H,10-11H2,1H3,(H,17,18,19);1-2H3. The van der Waals surface area contributed by atoms with Gasteiger partial charge in [0.1, 0.15) is 5.82 Å². The van der Waals surface area contributed by atoms with E-state index in [0.717, 1.165) is 24.1 Å². The van der Waals surface area contributed by atoms with Crippen LogP contribution >= 0.6 is 0 Å². The van der Waals surface area contributed by atoms with E-state index in [1.54, 1.807) is 0 Å². The Labute approximate surface area is 126 Å². The number of nitrogens with one attached hydrogen (secondary N) is 1. The molecular formula is C18H22N2O. The van der Waals surface area contributed by atoms with Crippen molar-refractivity contribution in [3.8, 4) is 0 Å². The molecule has 1 N–H and O–H groups in total. The number of hydrogen-bond acceptors (Lipinski definition) is 2. The molecule has 1 saturated carbocycles. The number of benzene rings is 1. The van der Waals surface area contributed by atoms with Gasteiger partial charge in [-0.15, -0.1) is 0 Å². The normalized spacial score (nSPS) is 14.6. The van der Waals surface area contributed by atoms with Gasteiger partial charge in [0.05, 0.1) is 5.41 Å². The second kappa shape index (κ2) is 6.53. The molecule has 3 rings (SSSR count). The highest BCUT2D eigenvalue weighted by atomic mass is 16.2. The van der Waals surface area contributed by atoms with Crippen LogP contribution < -0.4 is 5.32 Å². The quantitative estimate of drug-likeness (QED) is 0.921. The van der Waals surface area contributed by atoms with Crippen LogP contribution in [0.2, 0.25) is 0 Å². The molecular weight excluding hydrogens is 260 g/mol. The van der Waals surface area contributed by atoms with Gasteiger partial charge in [-0.1, -0.05) is 50.2 Å². The summed E-state index contributed by atoms with van der Waals surface area (Å²) in [6.07, 6.45) is 1.82. The molecule has 1 aromatic heterocycles. The van der Waals surface area contributed by atoms with E-state index in [-0.39, 0.29) is 11.3 Å². The van der Waals surface area contributed by atoms with Gasteiger partial charge in [0.25, 0.3) is 0 Å². The van der Waals surface area contributed by atoms with Gasteiger partial charge in [0.2, 0.25) is 5.91 Å². The lowest BCUT2D eigenvalue weighted by atomic mass is 9.95. The summed E-state index contributed by atoms with van der Waals surface area (Å²) in [5, 5.41) is 2.93. The largest absolute Gasteiger partial charge is 0.310 e. The van der Waals surface area contributed by atoms with Gasteiger partial charge >= 0.3 is 0 Å². The first-order chi connectivity index (χ1) is 10.2. The number of anilines is 1. The Morgan fingerprint density at radius 3 is 2.29 bits per heavy atom. The van der Waals surface area contributed by atoms with Crippen molar-refractivity contribution in [3.05, 3.63) is 59.8 Å². The summed E-state index contributed by atoms with van der Waals surface area (Å²) < 4.78 is 0. The van der Waals surface area contributed by atoms with Crippen LogP contribution in [-0.2, 0) is 10.2 Å². The average Bonchev–Trinajstić information content (AvgIpc) is 3.32. The third-order valence-corrected chi connectivity index (χ3v) is 3.64. The minimum absolute atomic E-state index is 0.0526.